The Morgan fingerprint density at radius 3 is 2.10 bits per heavy atom. The van der Waals surface area contributed by atoms with E-state index >= 15 is 0 Å². The zero-order valence-corrected chi connectivity index (χ0v) is 5.85. The van der Waals surface area contributed by atoms with Crippen LogP contribution in [0.2, 0.25) is 0 Å². The average molecular weight is 148 g/mol. The van der Waals surface area contributed by atoms with E-state index in [-0.39, 0.29) is 14.9 Å². The molecule has 1 N–H and O–H groups in total. The molecule has 1 atom stereocenters. The number of hydrogen-bond donors (Lipinski definition) is 1. The Bertz CT molecular complexity index is 44.0. The van der Waals surface area contributed by atoms with Crippen molar-refractivity contribution in [2.75, 3.05) is 6.61 Å². The molecule has 0 spiro atoms. The highest BCUT2D eigenvalue weighted by Gasteiger charge is 1.95. The summed E-state index contributed by atoms with van der Waals surface area (Å²) in [4.78, 5) is 0. The topological polar surface area (TPSA) is 20.2 Å². The van der Waals surface area contributed by atoms with Gasteiger partial charge in [0.1, 0.15) is 0 Å². The largest absolute Gasteiger partial charge is 0.396 e. The second kappa shape index (κ2) is 11.7. The Balaban J connectivity index is -0.000000245. The van der Waals surface area contributed by atoms with Crippen molar-refractivity contribution in [1.29, 1.82) is 0 Å². The van der Waals surface area contributed by atoms with E-state index < -0.39 is 0 Å². The zero-order chi connectivity index (χ0) is 6.41. The lowest BCUT2D eigenvalue weighted by molar-refractivity contribution is 0.273. The quantitative estimate of drug-likeness (QED) is 0.649. The Morgan fingerprint density at radius 2 is 1.80 bits per heavy atom. The van der Waals surface area contributed by atoms with Gasteiger partial charge in [0.05, 0.1) is 0 Å². The highest BCUT2D eigenvalue weighted by molar-refractivity contribution is 4.47. The molecule has 0 amide bonds. The van der Waals surface area contributed by atoms with Crippen LogP contribution in [0.3, 0.4) is 0 Å². The van der Waals surface area contributed by atoms with Crippen LogP contribution in [-0.2, 0) is 0 Å². The van der Waals surface area contributed by atoms with E-state index in [1.54, 1.807) is 0 Å². The summed E-state index contributed by atoms with van der Waals surface area (Å²) in [5.74, 6) is 0.794. The maximum absolute atomic E-state index is 8.41. The minimum atomic E-state index is 0. The SMILES string of the molecule is C.C.CCC(C)CCCO. The first-order chi connectivity index (χ1) is 3.81. The maximum atomic E-state index is 8.41. The minimum absolute atomic E-state index is 0. The van der Waals surface area contributed by atoms with Gasteiger partial charge in [0.15, 0.2) is 0 Å². The normalized spacial score (nSPS) is 11.1. The van der Waals surface area contributed by atoms with Crippen LogP contribution >= 0.6 is 0 Å². The lowest BCUT2D eigenvalue weighted by Crippen LogP contribution is -1.93. The number of hydrogen-bond acceptors (Lipinski definition) is 1. The van der Waals surface area contributed by atoms with Crippen LogP contribution < -0.4 is 0 Å². The van der Waals surface area contributed by atoms with E-state index in [0.29, 0.717) is 6.61 Å². The predicted octanol–water partition coefficient (Wildman–Crippen LogP) is 3.08. The number of rotatable bonds is 4. The van der Waals surface area contributed by atoms with Gasteiger partial charge in [-0.1, -0.05) is 35.1 Å². The molecule has 0 aromatic rings. The van der Waals surface area contributed by atoms with Crippen molar-refractivity contribution in [2.45, 2.75) is 48.0 Å². The van der Waals surface area contributed by atoms with Crippen LogP contribution in [0, 0.1) is 5.92 Å². The summed E-state index contributed by atoms with van der Waals surface area (Å²) in [7, 11) is 0. The molecule has 0 aromatic carbocycles. The van der Waals surface area contributed by atoms with Gasteiger partial charge in [-0.15, -0.1) is 0 Å². The molecule has 0 radical (unpaired) electrons. The molecule has 0 aliphatic rings. The van der Waals surface area contributed by atoms with Crippen LogP contribution in [0.25, 0.3) is 0 Å². The monoisotopic (exact) mass is 148 g/mol. The molecule has 0 saturated carbocycles. The zero-order valence-electron chi connectivity index (χ0n) is 5.85. The third kappa shape index (κ3) is 10.9. The van der Waals surface area contributed by atoms with Gasteiger partial charge < -0.3 is 5.11 Å². The third-order valence-corrected chi connectivity index (χ3v) is 1.55. The Hall–Kier alpha value is -0.0400. The predicted molar refractivity (Wildman–Crippen MR) is 49.2 cm³/mol. The molecule has 1 unspecified atom stereocenters. The van der Waals surface area contributed by atoms with E-state index in [2.05, 4.69) is 13.8 Å². The molecular formula is C9H24O. The van der Waals surface area contributed by atoms with Crippen LogP contribution in [0.1, 0.15) is 48.0 Å². The summed E-state index contributed by atoms with van der Waals surface area (Å²) >= 11 is 0. The molecule has 0 heterocycles. The second-order valence-corrected chi connectivity index (χ2v) is 2.38. The summed E-state index contributed by atoms with van der Waals surface area (Å²) < 4.78 is 0. The molecule has 1 nitrogen and oxygen atoms in total. The third-order valence-electron chi connectivity index (χ3n) is 1.55. The van der Waals surface area contributed by atoms with Gasteiger partial charge in [0, 0.05) is 6.61 Å². The molecule has 0 rings (SSSR count). The highest BCUT2D eigenvalue weighted by atomic mass is 16.2. The van der Waals surface area contributed by atoms with E-state index in [1.165, 1.54) is 12.8 Å². The molecule has 0 saturated heterocycles. The molecule has 1 heteroatoms. The fourth-order valence-corrected chi connectivity index (χ4v) is 0.644. The second-order valence-electron chi connectivity index (χ2n) is 2.38. The van der Waals surface area contributed by atoms with Crippen LogP contribution in [0.5, 0.6) is 0 Å². The fourth-order valence-electron chi connectivity index (χ4n) is 0.644. The van der Waals surface area contributed by atoms with Crippen LogP contribution in [-0.4, -0.2) is 11.7 Å². The molecule has 0 bridgehead atoms. The number of aliphatic hydroxyl groups excluding tert-OH is 1. The number of aliphatic hydroxyl groups is 1. The van der Waals surface area contributed by atoms with Crippen molar-refractivity contribution in [3.05, 3.63) is 0 Å². The van der Waals surface area contributed by atoms with E-state index in [4.69, 9.17) is 5.11 Å². The van der Waals surface area contributed by atoms with Crippen molar-refractivity contribution >= 4 is 0 Å². The van der Waals surface area contributed by atoms with E-state index in [9.17, 15) is 0 Å². The van der Waals surface area contributed by atoms with Crippen LogP contribution in [0.15, 0.2) is 0 Å². The first-order valence-corrected chi connectivity index (χ1v) is 3.42. The van der Waals surface area contributed by atoms with Gasteiger partial charge in [-0.25, -0.2) is 0 Å². The molecule has 66 valence electrons. The molecule has 0 aliphatic carbocycles. The Morgan fingerprint density at radius 1 is 1.30 bits per heavy atom. The van der Waals surface area contributed by atoms with Crippen molar-refractivity contribution in [3.8, 4) is 0 Å². The highest BCUT2D eigenvalue weighted by Crippen LogP contribution is 2.07. The van der Waals surface area contributed by atoms with E-state index in [1.807, 2.05) is 0 Å². The summed E-state index contributed by atoms with van der Waals surface area (Å²) in [6, 6.07) is 0. The molecule has 0 aliphatic heterocycles. The standard InChI is InChI=1S/C7H16O.2CH4/c1-3-7(2)5-4-6-8;;/h7-8H,3-6H2,1-2H3;2*1H4. The van der Waals surface area contributed by atoms with Gasteiger partial charge in [0.2, 0.25) is 0 Å². The van der Waals surface area contributed by atoms with Gasteiger partial charge in [-0.2, -0.15) is 0 Å². The van der Waals surface area contributed by atoms with E-state index in [0.717, 1.165) is 12.3 Å². The Kier molecular flexibility index (Phi) is 19.3. The first kappa shape index (κ1) is 16.5. The molecule has 10 heavy (non-hydrogen) atoms. The fraction of sp³-hybridized carbons (Fsp3) is 1.00. The maximum Gasteiger partial charge on any atom is 0.0431 e. The molecular weight excluding hydrogens is 124 g/mol. The summed E-state index contributed by atoms with van der Waals surface area (Å²) in [5.41, 5.74) is 0. The lowest BCUT2D eigenvalue weighted by atomic mass is 10.0. The molecule has 0 fully saturated rings. The summed E-state index contributed by atoms with van der Waals surface area (Å²) in [6.07, 6.45) is 3.38. The molecule has 0 aromatic heterocycles. The van der Waals surface area contributed by atoms with Crippen molar-refractivity contribution in [3.63, 3.8) is 0 Å². The van der Waals surface area contributed by atoms with Crippen molar-refractivity contribution < 1.29 is 5.11 Å². The summed E-state index contributed by atoms with van der Waals surface area (Å²) in [5, 5.41) is 8.41. The van der Waals surface area contributed by atoms with Gasteiger partial charge >= 0.3 is 0 Å². The van der Waals surface area contributed by atoms with Crippen molar-refractivity contribution in [1.82, 2.24) is 0 Å². The van der Waals surface area contributed by atoms with Gasteiger partial charge in [0.25, 0.3) is 0 Å². The average Bonchev–Trinajstić information content (AvgIpc) is 1.83. The lowest BCUT2D eigenvalue weighted by Gasteiger charge is -2.04. The Labute approximate surface area is 66.5 Å². The van der Waals surface area contributed by atoms with Gasteiger partial charge in [-0.3, -0.25) is 0 Å². The van der Waals surface area contributed by atoms with Crippen molar-refractivity contribution in [2.24, 2.45) is 5.92 Å². The summed E-state index contributed by atoms with van der Waals surface area (Å²) in [6.45, 7) is 4.75. The first-order valence-electron chi connectivity index (χ1n) is 3.42. The van der Waals surface area contributed by atoms with Gasteiger partial charge in [-0.05, 0) is 18.8 Å². The van der Waals surface area contributed by atoms with Crippen LogP contribution in [0.4, 0.5) is 0 Å². The smallest absolute Gasteiger partial charge is 0.0431 e. The minimum Gasteiger partial charge on any atom is -0.396 e.